The number of ether oxygens (including phenoxy) is 4. The number of alkyl carbamates (subject to hydrolysis) is 1. The van der Waals surface area contributed by atoms with E-state index in [9.17, 15) is 20.1 Å². The van der Waals surface area contributed by atoms with Crippen LogP contribution in [0.3, 0.4) is 0 Å². The lowest BCUT2D eigenvalue weighted by molar-refractivity contribution is -0.267. The Morgan fingerprint density at radius 3 is 2.67 bits per heavy atom. The van der Waals surface area contributed by atoms with Crippen LogP contribution in [0.2, 0.25) is 0 Å². The van der Waals surface area contributed by atoms with E-state index in [0.29, 0.717) is 0 Å². The van der Waals surface area contributed by atoms with Gasteiger partial charge in [0.2, 0.25) is 0 Å². The summed E-state index contributed by atoms with van der Waals surface area (Å²) in [5, 5.41) is 35.0. The van der Waals surface area contributed by atoms with Crippen molar-refractivity contribution in [2.45, 2.75) is 37.3 Å². The third-order valence-corrected chi connectivity index (χ3v) is 4.27. The first kappa shape index (κ1) is 23.8. The number of rotatable bonds is 11. The number of carbonyl (C=O) groups is 1. The van der Waals surface area contributed by atoms with Crippen LogP contribution in [0.25, 0.3) is 10.4 Å². The van der Waals surface area contributed by atoms with Gasteiger partial charge < -0.3 is 39.6 Å². The van der Waals surface area contributed by atoms with Crippen LogP contribution in [0.5, 0.6) is 0 Å². The molecular weight excluding hydrogens is 400 g/mol. The van der Waals surface area contributed by atoms with Crippen molar-refractivity contribution in [1.82, 2.24) is 5.32 Å². The van der Waals surface area contributed by atoms with Crippen LogP contribution in [0, 0.1) is 0 Å². The molecule has 1 aliphatic rings. The van der Waals surface area contributed by atoms with Crippen LogP contribution in [-0.4, -0.2) is 85.0 Å². The number of aliphatic hydroxyl groups excluding tert-OH is 3. The third kappa shape index (κ3) is 7.43. The Bertz CT molecular complexity index is 688. The SMILES string of the molecule is [N-]=[N+]=N[C@H]1[C@@H](OCCOCCNC(=O)OCc2ccccc2)O[C@H](CO)[C@@H](O)[C@@H]1O. The van der Waals surface area contributed by atoms with E-state index in [1.54, 1.807) is 0 Å². The van der Waals surface area contributed by atoms with Crippen LogP contribution < -0.4 is 5.32 Å². The number of benzene rings is 1. The maximum atomic E-state index is 11.6. The Balaban J connectivity index is 1.59. The molecule has 166 valence electrons. The standard InChI is InChI=1S/C18H26N4O8/c19-22-21-14-16(25)15(24)13(10-23)30-17(14)28-9-8-27-7-6-20-18(26)29-11-12-4-2-1-3-5-12/h1-5,13-17,23-25H,6-11H2,(H,20,26)/t13-,14-,15-,16-,17+/m1/s1. The molecule has 0 spiro atoms. The normalized spacial score (nSPS) is 25.9. The summed E-state index contributed by atoms with van der Waals surface area (Å²) in [6.07, 6.45) is -5.62. The van der Waals surface area contributed by atoms with E-state index in [0.717, 1.165) is 5.56 Å². The molecule has 30 heavy (non-hydrogen) atoms. The lowest BCUT2D eigenvalue weighted by Gasteiger charge is -2.40. The van der Waals surface area contributed by atoms with Gasteiger partial charge in [-0.05, 0) is 11.1 Å². The summed E-state index contributed by atoms with van der Waals surface area (Å²) >= 11 is 0. The second-order valence-electron chi connectivity index (χ2n) is 6.37. The molecule has 0 radical (unpaired) electrons. The number of amides is 1. The minimum Gasteiger partial charge on any atom is -0.445 e. The zero-order chi connectivity index (χ0) is 21.8. The molecule has 0 bridgehead atoms. The fourth-order valence-corrected chi connectivity index (χ4v) is 2.71. The summed E-state index contributed by atoms with van der Waals surface area (Å²) < 4.78 is 21.1. The summed E-state index contributed by atoms with van der Waals surface area (Å²) in [6, 6.07) is 8.11. The Morgan fingerprint density at radius 1 is 1.20 bits per heavy atom. The highest BCUT2D eigenvalue weighted by Crippen LogP contribution is 2.24. The highest BCUT2D eigenvalue weighted by Gasteiger charge is 2.44. The molecule has 1 aliphatic heterocycles. The number of azide groups is 1. The largest absolute Gasteiger partial charge is 0.445 e. The van der Waals surface area contributed by atoms with Gasteiger partial charge in [-0.3, -0.25) is 0 Å². The zero-order valence-electron chi connectivity index (χ0n) is 16.2. The lowest BCUT2D eigenvalue weighted by Crippen LogP contribution is -2.58. The van der Waals surface area contributed by atoms with Crippen molar-refractivity contribution >= 4 is 6.09 Å². The molecule has 0 saturated carbocycles. The van der Waals surface area contributed by atoms with Gasteiger partial charge >= 0.3 is 6.09 Å². The first-order valence-electron chi connectivity index (χ1n) is 9.37. The molecule has 1 heterocycles. The Morgan fingerprint density at radius 2 is 1.97 bits per heavy atom. The van der Waals surface area contributed by atoms with E-state index in [-0.39, 0.29) is 33.0 Å². The molecule has 1 aromatic carbocycles. The van der Waals surface area contributed by atoms with Gasteiger partial charge in [0.15, 0.2) is 6.29 Å². The Hall–Kier alpha value is -2.44. The van der Waals surface area contributed by atoms with Gasteiger partial charge in [0.05, 0.1) is 32.5 Å². The van der Waals surface area contributed by atoms with Gasteiger partial charge in [0.25, 0.3) is 0 Å². The molecule has 2 rings (SSSR count). The van der Waals surface area contributed by atoms with Crippen LogP contribution in [0.4, 0.5) is 4.79 Å². The van der Waals surface area contributed by atoms with Gasteiger partial charge in [0.1, 0.15) is 24.9 Å². The number of aliphatic hydroxyl groups is 3. The van der Waals surface area contributed by atoms with Crippen molar-refractivity contribution in [2.24, 2.45) is 5.11 Å². The Labute approximate surface area is 172 Å². The number of nitrogens with one attached hydrogen (secondary N) is 1. The summed E-state index contributed by atoms with van der Waals surface area (Å²) in [5.74, 6) is 0. The van der Waals surface area contributed by atoms with Gasteiger partial charge in [-0.2, -0.15) is 0 Å². The molecule has 4 N–H and O–H groups in total. The predicted molar refractivity (Wildman–Crippen MR) is 102 cm³/mol. The lowest BCUT2D eigenvalue weighted by atomic mass is 9.98. The highest BCUT2D eigenvalue weighted by atomic mass is 16.7. The number of nitrogens with zero attached hydrogens (tertiary/aromatic N) is 3. The quantitative estimate of drug-likeness (QED) is 0.166. The van der Waals surface area contributed by atoms with Gasteiger partial charge in [0, 0.05) is 11.5 Å². The van der Waals surface area contributed by atoms with E-state index < -0.39 is 43.3 Å². The summed E-state index contributed by atoms with van der Waals surface area (Å²) in [6.45, 7) is 0.226. The van der Waals surface area contributed by atoms with Gasteiger partial charge in [-0.25, -0.2) is 4.79 Å². The zero-order valence-corrected chi connectivity index (χ0v) is 16.2. The highest BCUT2D eigenvalue weighted by molar-refractivity contribution is 5.67. The van der Waals surface area contributed by atoms with Crippen molar-refractivity contribution in [3.05, 3.63) is 46.3 Å². The molecule has 1 aromatic rings. The van der Waals surface area contributed by atoms with E-state index in [1.807, 2.05) is 30.3 Å². The van der Waals surface area contributed by atoms with Crippen molar-refractivity contribution in [3.63, 3.8) is 0 Å². The number of hydrogen-bond acceptors (Lipinski definition) is 9. The molecule has 12 heteroatoms. The minimum absolute atomic E-state index is 0.0293. The van der Waals surface area contributed by atoms with Crippen molar-refractivity contribution in [2.75, 3.05) is 33.0 Å². The van der Waals surface area contributed by atoms with Gasteiger partial charge in [-0.15, -0.1) is 0 Å². The smallest absolute Gasteiger partial charge is 0.407 e. The summed E-state index contributed by atoms with van der Waals surface area (Å²) in [7, 11) is 0. The van der Waals surface area contributed by atoms with E-state index >= 15 is 0 Å². The molecule has 1 amide bonds. The fraction of sp³-hybridized carbons (Fsp3) is 0.611. The van der Waals surface area contributed by atoms with Crippen LogP contribution in [0.15, 0.2) is 35.4 Å². The second kappa shape index (κ2) is 13.0. The Kier molecular flexibility index (Phi) is 10.3. The number of hydrogen-bond donors (Lipinski definition) is 4. The minimum atomic E-state index is -1.44. The first-order valence-corrected chi connectivity index (χ1v) is 9.37. The van der Waals surface area contributed by atoms with E-state index in [1.165, 1.54) is 0 Å². The average molecular weight is 426 g/mol. The number of carbonyl (C=O) groups excluding carboxylic acids is 1. The third-order valence-electron chi connectivity index (χ3n) is 4.27. The molecule has 5 atom stereocenters. The van der Waals surface area contributed by atoms with Crippen molar-refractivity contribution < 1.29 is 39.1 Å². The summed E-state index contributed by atoms with van der Waals surface area (Å²) in [5.41, 5.74) is 9.50. The second-order valence-corrected chi connectivity index (χ2v) is 6.37. The van der Waals surface area contributed by atoms with E-state index in [4.69, 9.17) is 24.5 Å². The van der Waals surface area contributed by atoms with Crippen molar-refractivity contribution in [1.29, 1.82) is 0 Å². The maximum Gasteiger partial charge on any atom is 0.407 e. The molecule has 1 saturated heterocycles. The summed E-state index contributed by atoms with van der Waals surface area (Å²) in [4.78, 5) is 14.2. The molecule has 0 aromatic heterocycles. The van der Waals surface area contributed by atoms with Crippen LogP contribution in [-0.2, 0) is 25.6 Å². The molecule has 0 unspecified atom stereocenters. The molecule has 1 fully saturated rings. The topological polar surface area (TPSA) is 175 Å². The first-order chi connectivity index (χ1) is 14.6. The van der Waals surface area contributed by atoms with Crippen molar-refractivity contribution in [3.8, 4) is 0 Å². The molecule has 0 aliphatic carbocycles. The van der Waals surface area contributed by atoms with Crippen LogP contribution in [0.1, 0.15) is 5.56 Å². The fourth-order valence-electron chi connectivity index (χ4n) is 2.71. The van der Waals surface area contributed by atoms with Gasteiger partial charge in [-0.1, -0.05) is 35.4 Å². The maximum absolute atomic E-state index is 11.6. The monoisotopic (exact) mass is 426 g/mol. The predicted octanol–water partition coefficient (Wildman–Crippen LogP) is 0.0639. The van der Waals surface area contributed by atoms with E-state index in [2.05, 4.69) is 15.3 Å². The molecule has 12 nitrogen and oxygen atoms in total. The molecular formula is C18H26N4O8. The van der Waals surface area contributed by atoms with Crippen LogP contribution >= 0.6 is 0 Å². The average Bonchev–Trinajstić information content (AvgIpc) is 2.76.